The zero-order valence-corrected chi connectivity index (χ0v) is 18.4. The van der Waals surface area contributed by atoms with Gasteiger partial charge in [0.2, 0.25) is 5.91 Å². The van der Waals surface area contributed by atoms with Crippen LogP contribution in [0.2, 0.25) is 5.15 Å². The van der Waals surface area contributed by atoms with E-state index in [4.69, 9.17) is 11.6 Å². The van der Waals surface area contributed by atoms with Crippen LogP contribution in [0.3, 0.4) is 0 Å². The van der Waals surface area contributed by atoms with Crippen molar-refractivity contribution < 1.29 is 14.0 Å². The maximum atomic E-state index is 14.9. The molecule has 0 spiro atoms. The second-order valence-corrected chi connectivity index (χ2v) is 7.61. The molecule has 7 heteroatoms. The number of aromatic nitrogens is 2. The van der Waals surface area contributed by atoms with Crippen molar-refractivity contribution in [3.05, 3.63) is 76.6 Å². The number of anilines is 1. The molecule has 2 aromatic heterocycles. The molecule has 3 aromatic rings. The number of nitrogens with zero attached hydrogens (tertiary/aromatic N) is 3. The summed E-state index contributed by atoms with van der Waals surface area (Å²) < 4.78 is 14.9. The Balaban J connectivity index is 1.74. The fourth-order valence-electron chi connectivity index (χ4n) is 3.27. The third kappa shape index (κ3) is 5.14. The monoisotopic (exact) mass is 439 g/mol. The van der Waals surface area contributed by atoms with Crippen molar-refractivity contribution in [2.75, 3.05) is 11.9 Å². The SMILES string of the molecule is CCC(=O)N(C)c1ccc(-c2ccc(C(=O)CCc3ccc(Cl)nc3)nc2)c(C)c1F. The van der Waals surface area contributed by atoms with Crippen molar-refractivity contribution in [1.29, 1.82) is 0 Å². The van der Waals surface area contributed by atoms with E-state index in [1.54, 1.807) is 63.6 Å². The number of benzene rings is 1. The Labute approximate surface area is 185 Å². The van der Waals surface area contributed by atoms with E-state index in [-0.39, 0.29) is 17.4 Å². The highest BCUT2D eigenvalue weighted by molar-refractivity contribution is 6.29. The normalized spacial score (nSPS) is 10.7. The van der Waals surface area contributed by atoms with Crippen molar-refractivity contribution >= 4 is 29.0 Å². The topological polar surface area (TPSA) is 63.2 Å². The maximum absolute atomic E-state index is 14.9. The Morgan fingerprint density at radius 3 is 2.45 bits per heavy atom. The molecule has 0 fully saturated rings. The van der Waals surface area contributed by atoms with Gasteiger partial charge < -0.3 is 4.90 Å². The van der Waals surface area contributed by atoms with Crippen LogP contribution in [0.1, 0.15) is 41.4 Å². The predicted molar refractivity (Wildman–Crippen MR) is 120 cm³/mol. The second kappa shape index (κ2) is 9.79. The molecule has 0 atom stereocenters. The highest BCUT2D eigenvalue weighted by Gasteiger charge is 2.18. The van der Waals surface area contributed by atoms with Gasteiger partial charge in [-0.3, -0.25) is 14.6 Å². The zero-order valence-electron chi connectivity index (χ0n) is 17.7. The number of carbonyl (C=O) groups is 2. The van der Waals surface area contributed by atoms with Gasteiger partial charge in [-0.1, -0.05) is 36.7 Å². The Morgan fingerprint density at radius 1 is 1.06 bits per heavy atom. The minimum Gasteiger partial charge on any atom is -0.313 e. The van der Waals surface area contributed by atoms with Crippen molar-refractivity contribution in [2.24, 2.45) is 0 Å². The number of hydrogen-bond donors (Lipinski definition) is 0. The number of pyridine rings is 2. The minimum absolute atomic E-state index is 0.0838. The van der Waals surface area contributed by atoms with E-state index in [0.717, 1.165) is 5.56 Å². The van der Waals surface area contributed by atoms with Crippen molar-refractivity contribution in [3.8, 4) is 11.1 Å². The first kappa shape index (κ1) is 22.6. The fourth-order valence-corrected chi connectivity index (χ4v) is 3.38. The largest absolute Gasteiger partial charge is 0.313 e. The summed E-state index contributed by atoms with van der Waals surface area (Å²) in [6, 6.07) is 10.3. The molecule has 0 bridgehead atoms. The summed E-state index contributed by atoms with van der Waals surface area (Å²) in [5.74, 6) is -0.692. The van der Waals surface area contributed by atoms with E-state index in [2.05, 4.69) is 9.97 Å². The van der Waals surface area contributed by atoms with Crippen LogP contribution < -0.4 is 4.90 Å². The first-order valence-electron chi connectivity index (χ1n) is 9.97. The van der Waals surface area contributed by atoms with E-state index in [9.17, 15) is 14.0 Å². The summed E-state index contributed by atoms with van der Waals surface area (Å²) >= 11 is 5.77. The average molecular weight is 440 g/mol. The van der Waals surface area contributed by atoms with E-state index in [1.807, 2.05) is 6.07 Å². The summed E-state index contributed by atoms with van der Waals surface area (Å²) in [5.41, 5.74) is 3.30. The van der Waals surface area contributed by atoms with Gasteiger partial charge in [0, 0.05) is 37.8 Å². The zero-order chi connectivity index (χ0) is 22.5. The smallest absolute Gasteiger partial charge is 0.226 e. The molecule has 0 saturated carbocycles. The highest BCUT2D eigenvalue weighted by Crippen LogP contribution is 2.31. The van der Waals surface area contributed by atoms with Crippen molar-refractivity contribution in [2.45, 2.75) is 33.1 Å². The first-order valence-corrected chi connectivity index (χ1v) is 10.3. The summed E-state index contributed by atoms with van der Waals surface area (Å²) in [6.45, 7) is 3.40. The molecule has 0 aliphatic heterocycles. The van der Waals surface area contributed by atoms with Gasteiger partial charge in [0.05, 0.1) is 5.69 Å². The number of halogens is 2. The Morgan fingerprint density at radius 2 is 1.84 bits per heavy atom. The van der Waals surface area contributed by atoms with Crippen molar-refractivity contribution in [1.82, 2.24) is 9.97 Å². The van der Waals surface area contributed by atoms with Gasteiger partial charge in [0.15, 0.2) is 5.78 Å². The minimum atomic E-state index is -0.446. The van der Waals surface area contributed by atoms with Gasteiger partial charge >= 0.3 is 0 Å². The molecule has 0 saturated heterocycles. The molecule has 3 rings (SSSR count). The molecule has 31 heavy (non-hydrogen) atoms. The molecule has 0 radical (unpaired) electrons. The van der Waals surface area contributed by atoms with Gasteiger partial charge in [-0.25, -0.2) is 9.37 Å². The number of carbonyl (C=O) groups excluding carboxylic acids is 2. The molecule has 2 heterocycles. The Hall–Kier alpha value is -3.12. The molecular weight excluding hydrogens is 417 g/mol. The average Bonchev–Trinajstić information content (AvgIpc) is 2.79. The van der Waals surface area contributed by atoms with E-state index in [0.29, 0.717) is 46.8 Å². The lowest BCUT2D eigenvalue weighted by Gasteiger charge is -2.19. The van der Waals surface area contributed by atoms with Crippen LogP contribution in [0.4, 0.5) is 10.1 Å². The van der Waals surface area contributed by atoms with Crippen LogP contribution in [-0.2, 0) is 11.2 Å². The molecule has 5 nitrogen and oxygen atoms in total. The predicted octanol–water partition coefficient (Wildman–Crippen LogP) is 5.43. The lowest BCUT2D eigenvalue weighted by Crippen LogP contribution is -2.26. The molecule has 0 unspecified atom stereocenters. The van der Waals surface area contributed by atoms with Gasteiger partial charge in [-0.05, 0) is 48.2 Å². The number of amides is 1. The number of aryl methyl sites for hydroxylation is 1. The van der Waals surface area contributed by atoms with Crippen LogP contribution in [0.5, 0.6) is 0 Å². The van der Waals surface area contributed by atoms with Gasteiger partial charge in [0.25, 0.3) is 0 Å². The molecule has 160 valence electrons. The van der Waals surface area contributed by atoms with Gasteiger partial charge in [-0.2, -0.15) is 0 Å². The van der Waals surface area contributed by atoms with Gasteiger partial charge in [-0.15, -0.1) is 0 Å². The lowest BCUT2D eigenvalue weighted by molar-refractivity contribution is -0.118. The van der Waals surface area contributed by atoms with Crippen LogP contribution in [0.25, 0.3) is 11.1 Å². The number of ketones is 1. The fraction of sp³-hybridized carbons (Fsp3) is 0.250. The standard InChI is InChI=1S/C24H23ClFN3O2/c1-4-23(31)29(3)20-10-8-18(15(2)24(20)26)17-7-9-19(27-14-17)21(30)11-5-16-6-12-22(25)28-13-16/h6-10,12-14H,4-5,11H2,1-3H3. The van der Waals surface area contributed by atoms with Crippen LogP contribution in [0.15, 0.2) is 48.8 Å². The number of rotatable bonds is 7. The summed E-state index contributed by atoms with van der Waals surface area (Å²) in [7, 11) is 1.56. The van der Waals surface area contributed by atoms with Crippen LogP contribution in [0, 0.1) is 12.7 Å². The van der Waals surface area contributed by atoms with E-state index >= 15 is 0 Å². The van der Waals surface area contributed by atoms with Crippen LogP contribution in [-0.4, -0.2) is 28.7 Å². The number of hydrogen-bond acceptors (Lipinski definition) is 4. The molecular formula is C24H23ClFN3O2. The maximum Gasteiger partial charge on any atom is 0.226 e. The molecule has 0 aliphatic rings. The molecule has 0 aliphatic carbocycles. The Kier molecular flexibility index (Phi) is 7.13. The van der Waals surface area contributed by atoms with E-state index < -0.39 is 5.82 Å². The van der Waals surface area contributed by atoms with Crippen molar-refractivity contribution in [3.63, 3.8) is 0 Å². The molecule has 1 amide bonds. The summed E-state index contributed by atoms with van der Waals surface area (Å²) in [5, 5.41) is 0.413. The Bertz CT molecular complexity index is 1100. The van der Waals surface area contributed by atoms with Gasteiger partial charge in [0.1, 0.15) is 16.7 Å². The van der Waals surface area contributed by atoms with E-state index in [1.165, 1.54) is 4.90 Å². The third-order valence-corrected chi connectivity index (χ3v) is 5.42. The summed E-state index contributed by atoms with van der Waals surface area (Å²) in [4.78, 5) is 34.0. The summed E-state index contributed by atoms with van der Waals surface area (Å²) in [6.07, 6.45) is 4.36. The third-order valence-electron chi connectivity index (χ3n) is 5.19. The second-order valence-electron chi connectivity index (χ2n) is 7.22. The quantitative estimate of drug-likeness (QED) is 0.363. The lowest BCUT2D eigenvalue weighted by atomic mass is 9.99. The molecule has 1 aromatic carbocycles. The molecule has 0 N–H and O–H groups in total. The number of Topliss-reactive ketones (excluding diaryl/α,β-unsaturated/α-hetero) is 1. The first-order chi connectivity index (χ1) is 14.8. The highest BCUT2D eigenvalue weighted by atomic mass is 35.5. The van der Waals surface area contributed by atoms with Crippen LogP contribution >= 0.6 is 11.6 Å².